The Kier molecular flexibility index (Phi) is 2.89. The minimum absolute atomic E-state index is 0.101. The molecule has 1 heterocycles. The number of pyridine rings is 1. The van der Waals surface area contributed by atoms with E-state index >= 15 is 0 Å². The number of aryl methyl sites for hydroxylation is 1. The topological polar surface area (TPSA) is 50.2 Å². The summed E-state index contributed by atoms with van der Waals surface area (Å²) in [6.07, 6.45) is 1.82. The van der Waals surface area contributed by atoms with E-state index in [-0.39, 0.29) is 6.42 Å². The molecule has 76 valence electrons. The molecule has 3 nitrogen and oxygen atoms in total. The van der Waals surface area contributed by atoms with Crippen LogP contribution in [0.15, 0.2) is 18.3 Å². The Bertz CT molecular complexity index is 345. The largest absolute Gasteiger partial charge is 0.481 e. The molecule has 14 heavy (non-hydrogen) atoms. The monoisotopic (exact) mass is 193 g/mol. The van der Waals surface area contributed by atoms with Crippen LogP contribution < -0.4 is 0 Å². The maximum Gasteiger partial charge on any atom is 0.304 e. The standard InChI is InChI=1S/C11H15NO2/c1-8-4-5-12-9(6-8)11(2,3)7-10(13)14/h4-6H,7H2,1-3H3,(H,13,14). The Labute approximate surface area is 83.8 Å². The third-order valence-electron chi connectivity index (χ3n) is 2.20. The molecule has 0 fully saturated rings. The molecule has 0 aliphatic rings. The van der Waals surface area contributed by atoms with Crippen molar-refractivity contribution in [1.29, 1.82) is 0 Å². The number of carbonyl (C=O) groups is 1. The summed E-state index contributed by atoms with van der Waals surface area (Å²) in [5, 5.41) is 8.75. The first-order valence-corrected chi connectivity index (χ1v) is 4.57. The molecular weight excluding hydrogens is 178 g/mol. The summed E-state index contributed by atoms with van der Waals surface area (Å²) in [5.74, 6) is -0.793. The number of rotatable bonds is 3. The Balaban J connectivity index is 2.97. The molecule has 1 N–H and O–H groups in total. The highest BCUT2D eigenvalue weighted by Crippen LogP contribution is 2.25. The van der Waals surface area contributed by atoms with Gasteiger partial charge in [-0.1, -0.05) is 13.8 Å². The van der Waals surface area contributed by atoms with Gasteiger partial charge in [0.2, 0.25) is 0 Å². The highest BCUT2D eigenvalue weighted by atomic mass is 16.4. The summed E-state index contributed by atoms with van der Waals surface area (Å²) in [6, 6.07) is 3.84. The molecular formula is C11H15NO2. The van der Waals surface area contributed by atoms with Crippen molar-refractivity contribution in [3.05, 3.63) is 29.6 Å². The second kappa shape index (κ2) is 3.78. The van der Waals surface area contributed by atoms with Crippen molar-refractivity contribution in [1.82, 2.24) is 4.98 Å². The normalized spacial score (nSPS) is 11.4. The molecule has 0 saturated heterocycles. The number of aromatic nitrogens is 1. The van der Waals surface area contributed by atoms with Gasteiger partial charge in [-0.2, -0.15) is 0 Å². The molecule has 0 aliphatic carbocycles. The summed E-state index contributed by atoms with van der Waals surface area (Å²) >= 11 is 0. The van der Waals surface area contributed by atoms with E-state index < -0.39 is 11.4 Å². The number of carboxylic acids is 1. The quantitative estimate of drug-likeness (QED) is 0.800. The number of carboxylic acid groups (broad SMARTS) is 1. The lowest BCUT2D eigenvalue weighted by Crippen LogP contribution is -2.23. The van der Waals surface area contributed by atoms with Gasteiger partial charge in [-0.05, 0) is 24.6 Å². The zero-order valence-corrected chi connectivity index (χ0v) is 8.74. The van der Waals surface area contributed by atoms with Crippen molar-refractivity contribution in [3.63, 3.8) is 0 Å². The van der Waals surface area contributed by atoms with Gasteiger partial charge >= 0.3 is 5.97 Å². The van der Waals surface area contributed by atoms with Gasteiger partial charge in [-0.25, -0.2) is 0 Å². The van der Waals surface area contributed by atoms with Crippen LogP contribution in [0.25, 0.3) is 0 Å². The van der Waals surface area contributed by atoms with Crippen molar-refractivity contribution in [3.8, 4) is 0 Å². The van der Waals surface area contributed by atoms with E-state index in [1.54, 1.807) is 6.20 Å². The first-order chi connectivity index (χ1) is 6.42. The molecule has 0 amide bonds. The number of hydrogen-bond donors (Lipinski definition) is 1. The SMILES string of the molecule is Cc1ccnc(C(C)(C)CC(=O)O)c1. The molecule has 0 atom stereocenters. The van der Waals surface area contributed by atoms with E-state index in [9.17, 15) is 4.79 Å². The molecule has 1 aromatic rings. The van der Waals surface area contributed by atoms with Gasteiger partial charge in [0.25, 0.3) is 0 Å². The zero-order chi connectivity index (χ0) is 10.8. The van der Waals surface area contributed by atoms with Gasteiger partial charge in [0, 0.05) is 17.3 Å². The molecule has 1 rings (SSSR count). The Morgan fingerprint density at radius 2 is 2.21 bits per heavy atom. The predicted molar refractivity (Wildman–Crippen MR) is 54.3 cm³/mol. The van der Waals surface area contributed by atoms with E-state index in [0.29, 0.717) is 0 Å². The summed E-state index contributed by atoms with van der Waals surface area (Å²) in [5.41, 5.74) is 1.53. The molecule has 0 unspecified atom stereocenters. The molecule has 3 heteroatoms. The van der Waals surface area contributed by atoms with Gasteiger partial charge in [-0.15, -0.1) is 0 Å². The van der Waals surface area contributed by atoms with Crippen molar-refractivity contribution in [2.24, 2.45) is 0 Å². The maximum atomic E-state index is 10.6. The van der Waals surface area contributed by atoms with Crippen molar-refractivity contribution in [2.45, 2.75) is 32.6 Å². The third-order valence-corrected chi connectivity index (χ3v) is 2.20. The molecule has 0 saturated carbocycles. The maximum absolute atomic E-state index is 10.6. The molecule has 0 aliphatic heterocycles. The molecule has 0 aromatic carbocycles. The fourth-order valence-corrected chi connectivity index (χ4v) is 1.37. The first kappa shape index (κ1) is 10.7. The Morgan fingerprint density at radius 1 is 1.57 bits per heavy atom. The summed E-state index contributed by atoms with van der Waals surface area (Å²) in [6.45, 7) is 5.76. The fourth-order valence-electron chi connectivity index (χ4n) is 1.37. The Hall–Kier alpha value is -1.38. The molecule has 0 bridgehead atoms. The lowest BCUT2D eigenvalue weighted by molar-refractivity contribution is -0.138. The van der Waals surface area contributed by atoms with E-state index in [1.165, 1.54) is 0 Å². The highest BCUT2D eigenvalue weighted by Gasteiger charge is 2.25. The van der Waals surface area contributed by atoms with Crippen LogP contribution in [-0.4, -0.2) is 16.1 Å². The minimum Gasteiger partial charge on any atom is -0.481 e. The van der Waals surface area contributed by atoms with Crippen LogP contribution in [0.4, 0.5) is 0 Å². The van der Waals surface area contributed by atoms with Gasteiger partial charge in [0.1, 0.15) is 0 Å². The highest BCUT2D eigenvalue weighted by molar-refractivity contribution is 5.68. The van der Waals surface area contributed by atoms with Crippen LogP contribution in [0.3, 0.4) is 0 Å². The van der Waals surface area contributed by atoms with E-state index in [1.807, 2.05) is 32.9 Å². The van der Waals surface area contributed by atoms with Gasteiger partial charge in [0.15, 0.2) is 0 Å². The fraction of sp³-hybridized carbons (Fsp3) is 0.455. The van der Waals surface area contributed by atoms with Crippen molar-refractivity contribution in [2.75, 3.05) is 0 Å². The number of nitrogens with zero attached hydrogens (tertiary/aromatic N) is 1. The zero-order valence-electron chi connectivity index (χ0n) is 8.74. The van der Waals surface area contributed by atoms with Crippen LogP contribution in [-0.2, 0) is 10.2 Å². The predicted octanol–water partition coefficient (Wildman–Crippen LogP) is 2.14. The summed E-state index contributed by atoms with van der Waals surface area (Å²) < 4.78 is 0. The van der Waals surface area contributed by atoms with Crippen LogP contribution in [0.2, 0.25) is 0 Å². The van der Waals surface area contributed by atoms with Crippen molar-refractivity contribution >= 4 is 5.97 Å². The average molecular weight is 193 g/mol. The van der Waals surface area contributed by atoms with Gasteiger partial charge < -0.3 is 5.11 Å². The van der Waals surface area contributed by atoms with Crippen LogP contribution in [0.1, 0.15) is 31.5 Å². The van der Waals surface area contributed by atoms with Crippen LogP contribution in [0.5, 0.6) is 0 Å². The second-order valence-corrected chi connectivity index (χ2v) is 4.17. The molecule has 0 radical (unpaired) electrons. The molecule has 0 spiro atoms. The summed E-state index contributed by atoms with van der Waals surface area (Å²) in [4.78, 5) is 14.8. The first-order valence-electron chi connectivity index (χ1n) is 4.57. The lowest BCUT2D eigenvalue weighted by Gasteiger charge is -2.21. The number of hydrogen-bond acceptors (Lipinski definition) is 2. The second-order valence-electron chi connectivity index (χ2n) is 4.17. The van der Waals surface area contributed by atoms with E-state index in [2.05, 4.69) is 4.98 Å². The minimum atomic E-state index is -0.793. The van der Waals surface area contributed by atoms with Gasteiger partial charge in [0.05, 0.1) is 6.42 Å². The van der Waals surface area contributed by atoms with E-state index in [4.69, 9.17) is 5.11 Å². The van der Waals surface area contributed by atoms with E-state index in [0.717, 1.165) is 11.3 Å². The number of aliphatic carboxylic acids is 1. The lowest BCUT2D eigenvalue weighted by atomic mass is 9.85. The third kappa shape index (κ3) is 2.55. The average Bonchev–Trinajstić information content (AvgIpc) is 2.01. The van der Waals surface area contributed by atoms with Gasteiger partial charge in [-0.3, -0.25) is 9.78 Å². The molecule has 1 aromatic heterocycles. The van der Waals surface area contributed by atoms with Crippen molar-refractivity contribution < 1.29 is 9.90 Å². The Morgan fingerprint density at radius 3 is 2.71 bits per heavy atom. The van der Waals surface area contributed by atoms with Crippen LogP contribution in [0, 0.1) is 6.92 Å². The summed E-state index contributed by atoms with van der Waals surface area (Å²) in [7, 11) is 0. The smallest absolute Gasteiger partial charge is 0.304 e. The van der Waals surface area contributed by atoms with Crippen LogP contribution >= 0.6 is 0 Å².